The van der Waals surface area contributed by atoms with Gasteiger partial charge in [0.25, 0.3) is 5.91 Å². The average molecular weight is 386 g/mol. The number of methoxy groups -OCH3 is 1. The molecule has 0 aliphatic heterocycles. The Hall–Kier alpha value is -3.60. The molecule has 1 N–H and O–H groups in total. The van der Waals surface area contributed by atoms with E-state index in [0.717, 1.165) is 5.56 Å². The van der Waals surface area contributed by atoms with Gasteiger partial charge in [-0.3, -0.25) is 4.79 Å². The van der Waals surface area contributed by atoms with Crippen LogP contribution >= 0.6 is 11.3 Å². The summed E-state index contributed by atoms with van der Waals surface area (Å²) < 4.78 is 6.65. The third-order valence-electron chi connectivity index (χ3n) is 3.45. The highest BCUT2D eigenvalue weighted by atomic mass is 32.1. The molecule has 2 aromatic heterocycles. The van der Waals surface area contributed by atoms with E-state index in [1.54, 1.807) is 30.3 Å². The Morgan fingerprint density at radius 3 is 3.00 bits per heavy atom. The summed E-state index contributed by atoms with van der Waals surface area (Å²) in [5.41, 5.74) is 3.90. The van der Waals surface area contributed by atoms with E-state index >= 15 is 0 Å². The number of thiophene rings is 1. The fraction of sp³-hybridized carbons (Fsp3) is 0.125. The van der Waals surface area contributed by atoms with E-state index in [4.69, 9.17) is 4.74 Å². The summed E-state index contributed by atoms with van der Waals surface area (Å²) in [6.07, 6.45) is 2.78. The molecule has 0 atom stereocenters. The van der Waals surface area contributed by atoms with E-state index in [1.807, 2.05) is 5.38 Å². The van der Waals surface area contributed by atoms with E-state index in [2.05, 4.69) is 20.6 Å². The van der Waals surface area contributed by atoms with Gasteiger partial charge in [-0.1, -0.05) is 11.1 Å². The number of nitrogens with zero attached hydrogens (tertiary/aromatic N) is 5. The van der Waals surface area contributed by atoms with Gasteiger partial charge in [-0.25, -0.2) is 5.43 Å². The molecule has 0 unspecified atom stereocenters. The zero-order valence-corrected chi connectivity index (χ0v) is 14.9. The molecule has 0 fully saturated rings. The lowest BCUT2D eigenvalue weighted by molar-refractivity contribution is -0.394. The van der Waals surface area contributed by atoms with Crippen molar-refractivity contribution in [3.05, 3.63) is 68.2 Å². The number of nitro groups is 1. The lowest BCUT2D eigenvalue weighted by atomic mass is 10.1. The molecule has 3 rings (SSSR count). The van der Waals surface area contributed by atoms with Gasteiger partial charge in [-0.2, -0.15) is 9.78 Å². The lowest BCUT2D eigenvalue weighted by Crippen LogP contribution is -2.16. The van der Waals surface area contributed by atoms with Gasteiger partial charge in [0.1, 0.15) is 5.75 Å². The van der Waals surface area contributed by atoms with Crippen molar-refractivity contribution in [1.29, 1.82) is 0 Å². The maximum Gasteiger partial charge on any atom is 0.490 e. The Bertz CT molecular complexity index is 983. The minimum atomic E-state index is -0.660. The normalized spacial score (nSPS) is 10.9. The molecule has 0 radical (unpaired) electrons. The number of hydrogen-bond donors (Lipinski definition) is 1. The molecule has 1 aromatic carbocycles. The Balaban J connectivity index is 1.73. The molecule has 0 bridgehead atoms. The summed E-state index contributed by atoms with van der Waals surface area (Å²) in [7, 11) is 1.53. The Kier molecular flexibility index (Phi) is 5.52. The highest BCUT2D eigenvalue weighted by molar-refractivity contribution is 7.12. The number of benzene rings is 1. The van der Waals surface area contributed by atoms with Crippen molar-refractivity contribution < 1.29 is 14.5 Å². The van der Waals surface area contributed by atoms with E-state index < -0.39 is 10.9 Å². The van der Waals surface area contributed by atoms with Gasteiger partial charge >= 0.3 is 5.95 Å². The zero-order chi connectivity index (χ0) is 19.2. The van der Waals surface area contributed by atoms with Gasteiger partial charge in [-0.05, 0) is 40.1 Å². The molecular weight excluding hydrogens is 372 g/mol. The van der Waals surface area contributed by atoms with Crippen LogP contribution in [0.5, 0.6) is 5.75 Å². The van der Waals surface area contributed by atoms with Gasteiger partial charge in [0.2, 0.25) is 6.33 Å². The molecule has 0 spiro atoms. The summed E-state index contributed by atoms with van der Waals surface area (Å²) >= 11 is 1.32. The van der Waals surface area contributed by atoms with Crippen LogP contribution in [-0.2, 0) is 6.54 Å². The highest BCUT2D eigenvalue weighted by Crippen LogP contribution is 2.20. The summed E-state index contributed by atoms with van der Waals surface area (Å²) in [6, 6.07) is 8.79. The number of amides is 1. The van der Waals surface area contributed by atoms with Crippen LogP contribution in [0.2, 0.25) is 0 Å². The molecule has 27 heavy (non-hydrogen) atoms. The number of nitrogens with one attached hydrogen (secondary N) is 1. The van der Waals surface area contributed by atoms with Crippen molar-refractivity contribution in [1.82, 2.24) is 20.2 Å². The molecular formula is C16H14N6O4S. The number of rotatable bonds is 7. The molecule has 0 aliphatic carbocycles. The quantitative estimate of drug-likeness (QED) is 0.376. The predicted octanol–water partition coefficient (Wildman–Crippen LogP) is 2.07. The van der Waals surface area contributed by atoms with Crippen molar-refractivity contribution in [2.45, 2.75) is 6.54 Å². The molecule has 3 aromatic rings. The fourth-order valence-corrected chi connectivity index (χ4v) is 2.86. The number of carbonyl (C=O) groups excluding carboxylic acids is 1. The molecule has 138 valence electrons. The first-order valence-corrected chi connectivity index (χ1v) is 8.52. The van der Waals surface area contributed by atoms with Crippen LogP contribution in [0.15, 0.2) is 47.1 Å². The van der Waals surface area contributed by atoms with E-state index in [1.165, 1.54) is 35.7 Å². The summed E-state index contributed by atoms with van der Waals surface area (Å²) in [5, 5.41) is 20.2. The molecule has 1 amide bonds. The third kappa shape index (κ3) is 4.52. The van der Waals surface area contributed by atoms with E-state index in [0.29, 0.717) is 16.2 Å². The molecule has 0 aliphatic rings. The van der Waals surface area contributed by atoms with Crippen molar-refractivity contribution in [3.63, 3.8) is 0 Å². The first-order valence-electron chi connectivity index (χ1n) is 7.64. The van der Waals surface area contributed by atoms with Gasteiger partial charge in [-0.15, -0.1) is 11.3 Å². The third-order valence-corrected chi connectivity index (χ3v) is 4.32. The maximum absolute atomic E-state index is 11.9. The standard InChI is InChI=1S/C16H14N6O4S/c1-26-13-5-4-11(8-18-19-15(23)14-3-2-6-27-14)7-12(13)9-21-10-17-16(20-21)22(24)25/h2-8,10H,9H2,1H3,(H,19,23). The van der Waals surface area contributed by atoms with Crippen LogP contribution < -0.4 is 10.2 Å². The molecule has 11 heteroatoms. The number of aromatic nitrogens is 3. The van der Waals surface area contributed by atoms with E-state index in [9.17, 15) is 14.9 Å². The monoisotopic (exact) mass is 386 g/mol. The largest absolute Gasteiger partial charge is 0.496 e. The minimum Gasteiger partial charge on any atom is -0.496 e. The predicted molar refractivity (Wildman–Crippen MR) is 98.2 cm³/mol. The zero-order valence-electron chi connectivity index (χ0n) is 14.1. The number of ether oxygens (including phenoxy) is 1. The van der Waals surface area contributed by atoms with Crippen LogP contribution in [0.4, 0.5) is 5.95 Å². The second kappa shape index (κ2) is 8.19. The van der Waals surface area contributed by atoms with Crippen LogP contribution in [-0.4, -0.2) is 38.9 Å². The summed E-state index contributed by atoms with van der Waals surface area (Å²) in [5.74, 6) is -0.166. The number of hydrazone groups is 1. The maximum atomic E-state index is 11.9. The number of hydrogen-bond acceptors (Lipinski definition) is 8. The summed E-state index contributed by atoms with van der Waals surface area (Å²) in [4.78, 5) is 26.1. The van der Waals surface area contributed by atoms with Gasteiger partial charge in [0.05, 0.1) is 24.7 Å². The fourth-order valence-electron chi connectivity index (χ4n) is 2.25. The molecule has 2 heterocycles. The second-order valence-electron chi connectivity index (χ2n) is 5.25. The average Bonchev–Trinajstić information content (AvgIpc) is 3.34. The topological polar surface area (TPSA) is 125 Å². The van der Waals surface area contributed by atoms with Crippen LogP contribution in [0.1, 0.15) is 20.8 Å². The Morgan fingerprint density at radius 2 is 2.33 bits per heavy atom. The molecule has 10 nitrogen and oxygen atoms in total. The SMILES string of the molecule is COc1ccc(C=NNC(=O)c2cccs2)cc1Cn1cnc([N+](=O)[O-])n1. The van der Waals surface area contributed by atoms with Crippen molar-refractivity contribution in [2.75, 3.05) is 7.11 Å². The Labute approximate surface area is 157 Å². The smallest absolute Gasteiger partial charge is 0.490 e. The second-order valence-corrected chi connectivity index (χ2v) is 6.19. The van der Waals surface area contributed by atoms with Gasteiger partial charge in [0, 0.05) is 10.7 Å². The lowest BCUT2D eigenvalue weighted by Gasteiger charge is -2.08. The Morgan fingerprint density at radius 1 is 1.48 bits per heavy atom. The highest BCUT2D eigenvalue weighted by Gasteiger charge is 2.15. The van der Waals surface area contributed by atoms with Crippen LogP contribution in [0.25, 0.3) is 0 Å². The minimum absolute atomic E-state index is 0.229. The van der Waals surface area contributed by atoms with E-state index in [-0.39, 0.29) is 12.5 Å². The van der Waals surface area contributed by atoms with Crippen LogP contribution in [0, 0.1) is 10.1 Å². The van der Waals surface area contributed by atoms with Crippen molar-refractivity contribution in [2.24, 2.45) is 5.10 Å². The van der Waals surface area contributed by atoms with Gasteiger partial charge in [0.15, 0.2) is 0 Å². The first kappa shape index (κ1) is 18.2. The van der Waals surface area contributed by atoms with Crippen molar-refractivity contribution >= 4 is 29.4 Å². The summed E-state index contributed by atoms with van der Waals surface area (Å²) in [6.45, 7) is 0.229. The van der Waals surface area contributed by atoms with Crippen molar-refractivity contribution in [3.8, 4) is 5.75 Å². The van der Waals surface area contributed by atoms with Crippen LogP contribution in [0.3, 0.4) is 0 Å². The number of carbonyl (C=O) groups is 1. The molecule has 0 saturated heterocycles. The first-order chi connectivity index (χ1) is 13.1. The molecule has 0 saturated carbocycles. The van der Waals surface area contributed by atoms with Gasteiger partial charge < -0.3 is 14.9 Å².